The second-order valence-electron chi connectivity index (χ2n) is 7.07. The van der Waals surface area contributed by atoms with Gasteiger partial charge in [-0.05, 0) is 31.5 Å². The minimum Gasteiger partial charge on any atom is -0.459 e. The third kappa shape index (κ3) is 4.23. The maximum atomic E-state index is 13.0. The van der Waals surface area contributed by atoms with E-state index in [4.69, 9.17) is 39.5 Å². The zero-order valence-corrected chi connectivity index (χ0v) is 20.5. The fourth-order valence-electron chi connectivity index (χ4n) is 3.54. The van der Waals surface area contributed by atoms with Gasteiger partial charge in [0.2, 0.25) is 14.6 Å². The number of carbonyl (C=O) groups excluding carboxylic acids is 3. The van der Waals surface area contributed by atoms with Crippen LogP contribution in [0.4, 0.5) is 0 Å². The van der Waals surface area contributed by atoms with Gasteiger partial charge >= 0.3 is 5.97 Å². The van der Waals surface area contributed by atoms with E-state index in [2.05, 4.69) is 5.32 Å². The van der Waals surface area contributed by atoms with E-state index in [0.29, 0.717) is 0 Å². The Morgan fingerprint density at radius 3 is 2.62 bits per heavy atom. The number of esters is 1. The predicted octanol–water partition coefficient (Wildman–Crippen LogP) is 3.44. The number of carbonyl (C=O) groups is 3. The van der Waals surface area contributed by atoms with Gasteiger partial charge in [-0.2, -0.15) is 0 Å². The molecule has 0 unspecified atom stereocenters. The number of rotatable bonds is 6. The molecule has 0 saturated carbocycles. The highest BCUT2D eigenvalue weighted by Crippen LogP contribution is 2.61. The molecule has 2 saturated heterocycles. The molecule has 3 rings (SSSR count). The average molecular weight is 518 g/mol. The number of hydrogen-bond acceptors (Lipinski definition) is 7. The number of nitrogens with one attached hydrogen (secondary N) is 1. The van der Waals surface area contributed by atoms with E-state index in [-0.39, 0.29) is 23.6 Å². The molecule has 0 spiro atoms. The quantitative estimate of drug-likeness (QED) is 0.354. The van der Waals surface area contributed by atoms with Crippen LogP contribution in [-0.4, -0.2) is 60.4 Å². The van der Waals surface area contributed by atoms with Gasteiger partial charge in [-0.25, -0.2) is 4.79 Å². The number of nitrogens with zero attached hydrogens (tertiary/aromatic N) is 1. The van der Waals surface area contributed by atoms with Gasteiger partial charge in [0.15, 0.2) is 0 Å². The third-order valence-corrected chi connectivity index (χ3v) is 9.19. The summed E-state index contributed by atoms with van der Waals surface area (Å²) in [6.45, 7) is 3.30. The van der Waals surface area contributed by atoms with Crippen LogP contribution in [0.1, 0.15) is 18.7 Å². The number of fused-ring (bicyclic) bond motifs is 1. The summed E-state index contributed by atoms with van der Waals surface area (Å²) in [4.78, 5) is 39.4. The van der Waals surface area contributed by atoms with Crippen LogP contribution in [0.2, 0.25) is 0 Å². The van der Waals surface area contributed by atoms with E-state index in [1.807, 2.05) is 31.4 Å². The highest BCUT2D eigenvalue weighted by atomic mass is 35.6. The van der Waals surface area contributed by atoms with E-state index in [9.17, 15) is 14.4 Å². The summed E-state index contributed by atoms with van der Waals surface area (Å²) in [5.41, 5.74) is 0. The van der Waals surface area contributed by atoms with Gasteiger partial charge in [0.1, 0.15) is 18.0 Å². The molecule has 1 aromatic rings. The molecule has 6 nitrogen and oxygen atoms in total. The summed E-state index contributed by atoms with van der Waals surface area (Å²) in [6, 6.07) is 3.04. The number of hydrogen-bond donors (Lipinski definition) is 1. The maximum absolute atomic E-state index is 13.0. The molecule has 2 aliphatic heterocycles. The highest BCUT2D eigenvalue weighted by Gasteiger charge is 2.73. The summed E-state index contributed by atoms with van der Waals surface area (Å²) in [5, 5.41) is 4.32. The molecular formula is C17H19Cl3N2O4S3. The molecule has 12 heteroatoms. The van der Waals surface area contributed by atoms with Crippen molar-refractivity contribution in [3.8, 4) is 0 Å². The van der Waals surface area contributed by atoms with Gasteiger partial charge in [0.05, 0.1) is 11.2 Å². The molecule has 0 aromatic carbocycles. The van der Waals surface area contributed by atoms with Gasteiger partial charge in [0, 0.05) is 4.88 Å². The molecule has 0 aliphatic carbocycles. The lowest BCUT2D eigenvalue weighted by Crippen LogP contribution is -2.74. The molecule has 1 N–H and O–H groups in total. The largest absolute Gasteiger partial charge is 0.459 e. The Morgan fingerprint density at radius 2 is 2.07 bits per heavy atom. The number of thiophene rings is 1. The van der Waals surface area contributed by atoms with Crippen LogP contribution in [0.3, 0.4) is 0 Å². The first-order valence-electron chi connectivity index (χ1n) is 8.55. The Balaban J connectivity index is 1.76. The average Bonchev–Trinajstić information content (AvgIpc) is 3.19. The van der Waals surface area contributed by atoms with Gasteiger partial charge in [-0.15, -0.1) is 34.9 Å². The van der Waals surface area contributed by atoms with E-state index in [1.54, 1.807) is 6.26 Å². The number of halogens is 3. The number of ether oxygens (including phenoxy) is 1. The van der Waals surface area contributed by atoms with Crippen molar-refractivity contribution in [1.29, 1.82) is 0 Å². The SMILES string of the molecule is CS[C@@]1(C(=O)OCC(Cl)(Cl)Cl)N2C(=O)[C@H](NC(=O)Cc3cccs3)[C@H]2SC1(C)C. The van der Waals surface area contributed by atoms with Gasteiger partial charge in [-0.3, -0.25) is 9.59 Å². The van der Waals surface area contributed by atoms with Crippen LogP contribution in [0.25, 0.3) is 0 Å². The van der Waals surface area contributed by atoms with E-state index in [0.717, 1.165) is 4.88 Å². The van der Waals surface area contributed by atoms with Crippen LogP contribution < -0.4 is 5.32 Å². The fourth-order valence-corrected chi connectivity index (χ4v) is 7.62. The molecule has 160 valence electrons. The van der Waals surface area contributed by atoms with Gasteiger partial charge < -0.3 is 15.0 Å². The van der Waals surface area contributed by atoms with Crippen molar-refractivity contribution in [2.45, 2.75) is 45.1 Å². The third-order valence-electron chi connectivity index (χ3n) is 4.78. The first-order valence-corrected chi connectivity index (χ1v) is 12.7. The zero-order chi connectivity index (χ0) is 21.6. The highest BCUT2D eigenvalue weighted by molar-refractivity contribution is 8.06. The van der Waals surface area contributed by atoms with Crippen molar-refractivity contribution in [1.82, 2.24) is 10.2 Å². The molecule has 2 aliphatic rings. The molecule has 29 heavy (non-hydrogen) atoms. The molecule has 1 aromatic heterocycles. The Bertz CT molecular complexity index is 815. The predicted molar refractivity (Wildman–Crippen MR) is 120 cm³/mol. The molecule has 3 heterocycles. The van der Waals surface area contributed by atoms with Crippen LogP contribution >= 0.6 is 69.7 Å². The smallest absolute Gasteiger partial charge is 0.344 e. The summed E-state index contributed by atoms with van der Waals surface area (Å²) in [5.74, 6) is -1.20. The van der Waals surface area contributed by atoms with Crippen molar-refractivity contribution < 1.29 is 19.1 Å². The Morgan fingerprint density at radius 1 is 1.38 bits per heavy atom. The molecule has 3 atom stereocenters. The molecule has 2 amide bonds. The Labute approximate surface area is 196 Å². The summed E-state index contributed by atoms with van der Waals surface area (Å²) in [6.07, 6.45) is 1.94. The monoisotopic (exact) mass is 516 g/mol. The number of amides is 2. The minimum absolute atomic E-state index is 0.210. The van der Waals surface area contributed by atoms with Crippen LogP contribution in [-0.2, 0) is 25.5 Å². The van der Waals surface area contributed by atoms with E-state index >= 15 is 0 Å². The van der Waals surface area contributed by atoms with Crippen LogP contribution in [0, 0.1) is 0 Å². The number of thioether (sulfide) groups is 2. The standard InChI is InChI=1S/C17H19Cl3N2O4S3/c1-15(2)17(27-3,14(25)26-8-16(18,19)20)22-12(24)11(13(22)29-15)21-10(23)7-9-5-4-6-28-9/h4-6,11,13H,7-8H2,1-3H3,(H,21,23)/t11-,13+,17+/m0/s1. The lowest BCUT2D eigenvalue weighted by molar-refractivity contribution is -0.167. The zero-order valence-electron chi connectivity index (χ0n) is 15.7. The minimum atomic E-state index is -1.75. The molecule has 2 fully saturated rings. The van der Waals surface area contributed by atoms with Gasteiger partial charge in [-0.1, -0.05) is 40.9 Å². The van der Waals surface area contributed by atoms with Crippen molar-refractivity contribution in [3.63, 3.8) is 0 Å². The number of β-lactam (4-membered cyclic amide) rings is 1. The van der Waals surface area contributed by atoms with Crippen molar-refractivity contribution in [2.75, 3.05) is 12.9 Å². The van der Waals surface area contributed by atoms with E-state index in [1.165, 1.54) is 39.8 Å². The number of alkyl halides is 3. The van der Waals surface area contributed by atoms with Crippen LogP contribution in [0.5, 0.6) is 0 Å². The normalized spacial score (nSPS) is 27.9. The molecule has 0 radical (unpaired) electrons. The molecule has 0 bridgehead atoms. The summed E-state index contributed by atoms with van der Waals surface area (Å²) >= 11 is 21.2. The van der Waals surface area contributed by atoms with Crippen molar-refractivity contribution >= 4 is 87.4 Å². The summed E-state index contributed by atoms with van der Waals surface area (Å²) < 4.78 is 2.82. The van der Waals surface area contributed by atoms with Crippen molar-refractivity contribution in [3.05, 3.63) is 22.4 Å². The van der Waals surface area contributed by atoms with E-state index < -0.39 is 32.0 Å². The Kier molecular flexibility index (Phi) is 6.69. The first-order chi connectivity index (χ1) is 13.4. The fraction of sp³-hybridized carbons (Fsp3) is 0.588. The van der Waals surface area contributed by atoms with Gasteiger partial charge in [0.25, 0.3) is 5.91 Å². The maximum Gasteiger partial charge on any atom is 0.344 e. The first kappa shape index (κ1) is 23.3. The Hall–Kier alpha value is -0.320. The van der Waals surface area contributed by atoms with Crippen LogP contribution in [0.15, 0.2) is 17.5 Å². The lowest BCUT2D eigenvalue weighted by Gasteiger charge is -2.49. The van der Waals surface area contributed by atoms with Crippen molar-refractivity contribution in [2.24, 2.45) is 0 Å². The lowest BCUT2D eigenvalue weighted by atomic mass is 9.95. The second-order valence-corrected chi connectivity index (χ2v) is 13.4. The topological polar surface area (TPSA) is 75.7 Å². The summed E-state index contributed by atoms with van der Waals surface area (Å²) in [7, 11) is 0. The second kappa shape index (κ2) is 8.31. The molecular weight excluding hydrogens is 499 g/mol.